The van der Waals surface area contributed by atoms with E-state index in [0.717, 1.165) is 5.56 Å². The van der Waals surface area contributed by atoms with Crippen LogP contribution in [0.15, 0.2) is 107 Å². The number of aliphatic hydroxyl groups excluding tert-OH is 1. The van der Waals surface area contributed by atoms with Crippen LogP contribution in [-0.4, -0.2) is 72.7 Å². The molecule has 0 aromatic heterocycles. The molecular weight excluding hydrogens is 611 g/mol. The molecule has 0 aliphatic carbocycles. The summed E-state index contributed by atoms with van der Waals surface area (Å²) in [5.74, 6) is 0.487. The Kier molecular flexibility index (Phi) is 11.6. The monoisotopic (exact) mass is 653 g/mol. The number of carbonyl (C=O) groups excluding carboxylic acids is 2. The van der Waals surface area contributed by atoms with Crippen molar-refractivity contribution in [3.05, 3.63) is 114 Å². The molecule has 0 spiro atoms. The van der Waals surface area contributed by atoms with Gasteiger partial charge in [-0.1, -0.05) is 67.2 Å². The Bertz CT molecular complexity index is 1650. The van der Waals surface area contributed by atoms with Crippen LogP contribution in [0.25, 0.3) is 0 Å². The van der Waals surface area contributed by atoms with Gasteiger partial charge in [-0.3, -0.25) is 14.5 Å². The van der Waals surface area contributed by atoms with Crippen LogP contribution >= 0.6 is 11.8 Å². The van der Waals surface area contributed by atoms with Gasteiger partial charge in [0.05, 0.1) is 37.4 Å². The molecule has 9 heteroatoms. The van der Waals surface area contributed by atoms with Crippen molar-refractivity contribution < 1.29 is 24.2 Å². The van der Waals surface area contributed by atoms with Crippen LogP contribution in [-0.2, 0) is 17.8 Å². The number of amides is 2. The standard InChI is InChI=1S/C38H43N3O5S/c1-26-22-41(27(2)25-42)38(44)33-14-9-15-34(39-36(43)21-29-10-8-11-30(20-29)45-4)37(33)46-35(26)24-40(3)23-28-16-18-32(19-17-28)47-31-12-6-5-7-13-31/h5-20,26-27,35,42H,21-25H2,1-4H3,(H,39,43)/t26-,27?,35-/m1/s1. The van der Waals surface area contributed by atoms with Crippen LogP contribution in [0.4, 0.5) is 5.69 Å². The van der Waals surface area contributed by atoms with Gasteiger partial charge in [-0.15, -0.1) is 0 Å². The van der Waals surface area contributed by atoms with Crippen LogP contribution in [0.1, 0.15) is 35.3 Å². The van der Waals surface area contributed by atoms with Crippen LogP contribution in [0.2, 0.25) is 0 Å². The van der Waals surface area contributed by atoms with Gasteiger partial charge in [0, 0.05) is 35.3 Å². The summed E-state index contributed by atoms with van der Waals surface area (Å²) in [6, 6.07) is 31.1. The number of para-hydroxylation sites is 1. The van der Waals surface area contributed by atoms with Crippen molar-refractivity contribution in [2.75, 3.05) is 39.2 Å². The fourth-order valence-electron chi connectivity index (χ4n) is 5.69. The second kappa shape index (κ2) is 16.0. The molecule has 1 aliphatic heterocycles. The van der Waals surface area contributed by atoms with E-state index in [9.17, 15) is 14.7 Å². The summed E-state index contributed by atoms with van der Waals surface area (Å²) in [7, 11) is 3.65. The van der Waals surface area contributed by atoms with Crippen LogP contribution in [0, 0.1) is 5.92 Å². The van der Waals surface area contributed by atoms with Gasteiger partial charge in [-0.25, -0.2) is 0 Å². The van der Waals surface area contributed by atoms with Gasteiger partial charge < -0.3 is 24.8 Å². The third-order valence-corrected chi connectivity index (χ3v) is 9.33. The average molecular weight is 654 g/mol. The zero-order valence-electron chi connectivity index (χ0n) is 27.4. The van der Waals surface area contributed by atoms with Crippen molar-refractivity contribution in [2.45, 2.75) is 48.7 Å². The SMILES string of the molecule is COc1cccc(CC(=O)Nc2cccc3c2O[C@H](CN(C)Cc2ccc(Sc4ccccc4)cc2)[C@H](C)CN(C(C)CO)C3=O)c1. The van der Waals surface area contributed by atoms with E-state index in [1.165, 1.54) is 15.4 Å². The van der Waals surface area contributed by atoms with Crippen molar-refractivity contribution in [3.63, 3.8) is 0 Å². The molecule has 0 bridgehead atoms. The van der Waals surface area contributed by atoms with E-state index in [4.69, 9.17) is 9.47 Å². The van der Waals surface area contributed by atoms with Gasteiger partial charge in [0.2, 0.25) is 5.91 Å². The van der Waals surface area contributed by atoms with E-state index in [-0.39, 0.29) is 42.9 Å². The number of rotatable bonds is 12. The molecule has 0 saturated heterocycles. The third kappa shape index (κ3) is 8.94. The Labute approximate surface area is 281 Å². The molecule has 0 radical (unpaired) electrons. The number of likely N-dealkylation sites (N-methyl/N-ethyl adjacent to an activating group) is 1. The molecule has 47 heavy (non-hydrogen) atoms. The van der Waals surface area contributed by atoms with Crippen LogP contribution < -0.4 is 14.8 Å². The molecule has 8 nitrogen and oxygen atoms in total. The Morgan fingerprint density at radius 2 is 1.74 bits per heavy atom. The van der Waals surface area contributed by atoms with Crippen molar-refractivity contribution in [1.29, 1.82) is 0 Å². The molecule has 1 unspecified atom stereocenters. The zero-order valence-corrected chi connectivity index (χ0v) is 28.2. The lowest BCUT2D eigenvalue weighted by molar-refractivity contribution is -0.115. The van der Waals surface area contributed by atoms with Gasteiger partial charge in [0.15, 0.2) is 5.75 Å². The molecule has 0 saturated carbocycles. The van der Waals surface area contributed by atoms with Crippen molar-refractivity contribution in [3.8, 4) is 11.5 Å². The van der Waals surface area contributed by atoms with Crippen LogP contribution in [0.3, 0.4) is 0 Å². The fourth-order valence-corrected chi connectivity index (χ4v) is 6.53. The maximum atomic E-state index is 13.8. The van der Waals surface area contributed by atoms with E-state index >= 15 is 0 Å². The molecule has 1 heterocycles. The summed E-state index contributed by atoms with van der Waals surface area (Å²) in [4.78, 5) is 33.4. The van der Waals surface area contributed by atoms with Crippen molar-refractivity contribution in [1.82, 2.24) is 9.80 Å². The van der Waals surface area contributed by atoms with Gasteiger partial charge in [0.1, 0.15) is 11.9 Å². The lowest BCUT2D eigenvalue weighted by Crippen LogP contribution is -2.49. The topological polar surface area (TPSA) is 91.3 Å². The highest BCUT2D eigenvalue weighted by Crippen LogP contribution is 2.35. The Hall–Kier alpha value is -4.31. The predicted molar refractivity (Wildman–Crippen MR) is 186 cm³/mol. The van der Waals surface area contributed by atoms with Crippen molar-refractivity contribution >= 4 is 29.3 Å². The highest BCUT2D eigenvalue weighted by molar-refractivity contribution is 7.99. The molecule has 2 N–H and O–H groups in total. The van der Waals surface area contributed by atoms with Crippen LogP contribution in [0.5, 0.6) is 11.5 Å². The summed E-state index contributed by atoms with van der Waals surface area (Å²) >= 11 is 1.73. The molecule has 0 fully saturated rings. The summed E-state index contributed by atoms with van der Waals surface area (Å²) in [5.41, 5.74) is 2.78. The number of hydrogen-bond donors (Lipinski definition) is 2. The second-order valence-corrected chi connectivity index (χ2v) is 13.3. The molecular formula is C38H43N3O5S. The largest absolute Gasteiger partial charge is 0.497 e. The molecule has 246 valence electrons. The molecule has 4 aromatic rings. The number of hydrogen-bond acceptors (Lipinski definition) is 7. The maximum Gasteiger partial charge on any atom is 0.258 e. The summed E-state index contributed by atoms with van der Waals surface area (Å²) in [6.07, 6.45) is -0.169. The number of nitrogens with one attached hydrogen (secondary N) is 1. The van der Waals surface area contributed by atoms with E-state index in [1.807, 2.05) is 49.4 Å². The van der Waals surface area contributed by atoms with E-state index in [1.54, 1.807) is 42.0 Å². The molecule has 4 aromatic carbocycles. The number of carbonyl (C=O) groups is 2. The van der Waals surface area contributed by atoms with Gasteiger partial charge in [0.25, 0.3) is 5.91 Å². The van der Waals surface area contributed by atoms with E-state index in [0.29, 0.717) is 42.4 Å². The first-order chi connectivity index (χ1) is 22.7. The predicted octanol–water partition coefficient (Wildman–Crippen LogP) is 6.38. The van der Waals surface area contributed by atoms with Crippen molar-refractivity contribution in [2.24, 2.45) is 5.92 Å². The number of fused-ring (bicyclic) bond motifs is 1. The molecule has 2 amide bonds. The molecule has 1 aliphatic rings. The Balaban J connectivity index is 1.35. The first kappa shape index (κ1) is 34.0. The molecule has 5 rings (SSSR count). The second-order valence-electron chi connectivity index (χ2n) is 12.1. The minimum absolute atomic E-state index is 0.0614. The first-order valence-corrected chi connectivity index (χ1v) is 16.7. The number of anilines is 1. The summed E-state index contributed by atoms with van der Waals surface area (Å²) < 4.78 is 12.0. The van der Waals surface area contributed by atoms with E-state index in [2.05, 4.69) is 60.6 Å². The first-order valence-electron chi connectivity index (χ1n) is 15.9. The third-order valence-electron chi connectivity index (χ3n) is 8.31. The maximum absolute atomic E-state index is 13.8. The fraction of sp³-hybridized carbons (Fsp3) is 0.316. The van der Waals surface area contributed by atoms with Gasteiger partial charge >= 0.3 is 0 Å². The molecule has 3 atom stereocenters. The van der Waals surface area contributed by atoms with Gasteiger partial charge in [-0.05, 0) is 73.6 Å². The number of nitrogens with zero attached hydrogens (tertiary/aromatic N) is 2. The quantitative estimate of drug-likeness (QED) is 0.183. The number of benzene rings is 4. The Morgan fingerprint density at radius 1 is 1.02 bits per heavy atom. The minimum atomic E-state index is -0.382. The zero-order chi connectivity index (χ0) is 33.3. The lowest BCUT2D eigenvalue weighted by Gasteiger charge is -2.38. The number of aliphatic hydroxyl groups is 1. The normalized spacial score (nSPS) is 16.9. The summed E-state index contributed by atoms with van der Waals surface area (Å²) in [6.45, 7) is 5.47. The average Bonchev–Trinajstić information content (AvgIpc) is 3.07. The van der Waals surface area contributed by atoms with Gasteiger partial charge in [-0.2, -0.15) is 0 Å². The minimum Gasteiger partial charge on any atom is -0.497 e. The smallest absolute Gasteiger partial charge is 0.258 e. The highest BCUT2D eigenvalue weighted by atomic mass is 32.2. The Morgan fingerprint density at radius 3 is 2.47 bits per heavy atom. The number of methoxy groups -OCH3 is 1. The number of ether oxygens (including phenoxy) is 2. The van der Waals surface area contributed by atoms with E-state index < -0.39 is 0 Å². The highest BCUT2D eigenvalue weighted by Gasteiger charge is 2.34. The lowest BCUT2D eigenvalue weighted by atomic mass is 9.98. The summed E-state index contributed by atoms with van der Waals surface area (Å²) in [5, 5.41) is 13.0.